The summed E-state index contributed by atoms with van der Waals surface area (Å²) in [5, 5.41) is 0. The normalized spacial score (nSPS) is 10.1. The molecule has 0 aliphatic carbocycles. The Kier molecular flexibility index (Phi) is 5.57. The van der Waals surface area contributed by atoms with Crippen LogP contribution in [0.3, 0.4) is 0 Å². The topological polar surface area (TPSA) is 35.5 Å². The zero-order chi connectivity index (χ0) is 11.8. The first-order valence-corrected chi connectivity index (χ1v) is 5.55. The van der Waals surface area contributed by atoms with E-state index >= 15 is 0 Å². The van der Waals surface area contributed by atoms with E-state index in [-0.39, 0.29) is 0 Å². The van der Waals surface area contributed by atoms with Gasteiger partial charge in [-0.1, -0.05) is 12.1 Å². The number of rotatable bonds is 7. The Bertz CT molecular complexity index is 334. The summed E-state index contributed by atoms with van der Waals surface area (Å²) in [6.07, 6.45) is 1.66. The number of ether oxygens (including phenoxy) is 2. The maximum atomic E-state index is 10.8. The highest BCUT2D eigenvalue weighted by atomic mass is 16.5. The molecule has 16 heavy (non-hydrogen) atoms. The van der Waals surface area contributed by atoms with Crippen LogP contribution < -0.4 is 4.74 Å². The molecule has 0 atom stereocenters. The molecule has 0 aliphatic rings. The zero-order valence-electron chi connectivity index (χ0n) is 9.86. The van der Waals surface area contributed by atoms with Gasteiger partial charge in [-0.2, -0.15) is 0 Å². The van der Waals surface area contributed by atoms with E-state index in [1.54, 1.807) is 6.07 Å². The van der Waals surface area contributed by atoms with Crippen LogP contribution in [0, 0.1) is 6.92 Å². The van der Waals surface area contributed by atoms with Crippen molar-refractivity contribution in [3.63, 3.8) is 0 Å². The van der Waals surface area contributed by atoms with Gasteiger partial charge in [0.1, 0.15) is 5.75 Å². The van der Waals surface area contributed by atoms with E-state index < -0.39 is 0 Å². The summed E-state index contributed by atoms with van der Waals surface area (Å²) in [6, 6.07) is 5.55. The molecule has 1 aromatic carbocycles. The lowest BCUT2D eigenvalue weighted by Gasteiger charge is -2.10. The zero-order valence-corrected chi connectivity index (χ0v) is 9.86. The molecule has 3 nitrogen and oxygen atoms in total. The molecule has 0 spiro atoms. The maximum absolute atomic E-state index is 10.8. The maximum Gasteiger partial charge on any atom is 0.153 e. The monoisotopic (exact) mass is 222 g/mol. The fraction of sp³-hybridized carbons (Fsp3) is 0.462. The molecular weight excluding hydrogens is 204 g/mol. The third-order valence-electron chi connectivity index (χ3n) is 2.25. The molecule has 0 heterocycles. The van der Waals surface area contributed by atoms with Crippen LogP contribution in [0.4, 0.5) is 0 Å². The van der Waals surface area contributed by atoms with Crippen molar-refractivity contribution in [2.24, 2.45) is 0 Å². The second kappa shape index (κ2) is 7.01. The Morgan fingerprint density at radius 3 is 2.81 bits per heavy atom. The molecular formula is C13H18O3. The minimum absolute atomic E-state index is 0.575. The standard InChI is InChI=1S/C13H18O3/c1-3-15-8-5-9-16-13-11(2)6-4-7-12(13)10-14/h4,6-7,10H,3,5,8-9H2,1-2H3. The first-order chi connectivity index (χ1) is 7.79. The van der Waals surface area contributed by atoms with Crippen molar-refractivity contribution in [1.29, 1.82) is 0 Å². The Morgan fingerprint density at radius 2 is 2.12 bits per heavy atom. The number of hydrogen-bond acceptors (Lipinski definition) is 3. The summed E-state index contributed by atoms with van der Waals surface area (Å²) in [7, 11) is 0. The second-order valence-electron chi connectivity index (χ2n) is 3.51. The number of carbonyl (C=O) groups is 1. The van der Waals surface area contributed by atoms with Gasteiger partial charge in [0.2, 0.25) is 0 Å². The van der Waals surface area contributed by atoms with Gasteiger partial charge < -0.3 is 9.47 Å². The summed E-state index contributed by atoms with van der Waals surface area (Å²) in [6.45, 7) is 5.89. The van der Waals surface area contributed by atoms with Crippen molar-refractivity contribution >= 4 is 6.29 Å². The van der Waals surface area contributed by atoms with Crippen molar-refractivity contribution < 1.29 is 14.3 Å². The summed E-state index contributed by atoms with van der Waals surface area (Å²) in [4.78, 5) is 10.8. The predicted octanol–water partition coefficient (Wildman–Crippen LogP) is 2.61. The molecule has 0 saturated carbocycles. The van der Waals surface area contributed by atoms with Crippen molar-refractivity contribution in [2.75, 3.05) is 19.8 Å². The van der Waals surface area contributed by atoms with E-state index in [9.17, 15) is 4.79 Å². The average molecular weight is 222 g/mol. The van der Waals surface area contributed by atoms with Gasteiger partial charge in [0.15, 0.2) is 6.29 Å². The highest BCUT2D eigenvalue weighted by molar-refractivity contribution is 5.80. The SMILES string of the molecule is CCOCCCOc1c(C)cccc1C=O. The average Bonchev–Trinajstić information content (AvgIpc) is 2.30. The lowest BCUT2D eigenvalue weighted by molar-refractivity contribution is 0.111. The third kappa shape index (κ3) is 3.66. The summed E-state index contributed by atoms with van der Waals surface area (Å²) >= 11 is 0. The molecule has 0 bridgehead atoms. The highest BCUT2D eigenvalue weighted by Crippen LogP contribution is 2.21. The Balaban J connectivity index is 2.49. The molecule has 0 aliphatic heterocycles. The third-order valence-corrected chi connectivity index (χ3v) is 2.25. The molecule has 0 fully saturated rings. The van der Waals surface area contributed by atoms with Crippen LogP contribution in [0.25, 0.3) is 0 Å². The van der Waals surface area contributed by atoms with E-state index in [1.165, 1.54) is 0 Å². The summed E-state index contributed by atoms with van der Waals surface area (Å²) in [5.74, 6) is 0.689. The van der Waals surface area contributed by atoms with Gasteiger partial charge in [-0.05, 0) is 25.5 Å². The van der Waals surface area contributed by atoms with Crippen molar-refractivity contribution in [2.45, 2.75) is 20.3 Å². The summed E-state index contributed by atoms with van der Waals surface area (Å²) < 4.78 is 10.8. The minimum Gasteiger partial charge on any atom is -0.492 e. The molecule has 0 radical (unpaired) electrons. The number of benzene rings is 1. The van der Waals surface area contributed by atoms with Crippen LogP contribution in [0.1, 0.15) is 29.3 Å². The molecule has 0 saturated heterocycles. The van der Waals surface area contributed by atoms with Gasteiger partial charge in [-0.3, -0.25) is 4.79 Å². The quantitative estimate of drug-likeness (QED) is 0.525. The molecule has 0 aromatic heterocycles. The van der Waals surface area contributed by atoms with E-state index in [2.05, 4.69) is 0 Å². The van der Waals surface area contributed by atoms with E-state index in [4.69, 9.17) is 9.47 Å². The van der Waals surface area contributed by atoms with Crippen LogP contribution >= 0.6 is 0 Å². The van der Waals surface area contributed by atoms with Gasteiger partial charge in [0.25, 0.3) is 0 Å². The van der Waals surface area contributed by atoms with E-state index in [1.807, 2.05) is 26.0 Å². The van der Waals surface area contributed by atoms with E-state index in [0.29, 0.717) is 24.5 Å². The smallest absolute Gasteiger partial charge is 0.153 e. The number of hydrogen-bond donors (Lipinski definition) is 0. The van der Waals surface area contributed by atoms with Crippen LogP contribution in [-0.4, -0.2) is 26.1 Å². The minimum atomic E-state index is 0.575. The largest absolute Gasteiger partial charge is 0.492 e. The molecule has 88 valence electrons. The van der Waals surface area contributed by atoms with Crippen molar-refractivity contribution in [3.05, 3.63) is 29.3 Å². The lowest BCUT2D eigenvalue weighted by Crippen LogP contribution is -2.05. The fourth-order valence-electron chi connectivity index (χ4n) is 1.44. The number of aryl methyl sites for hydroxylation is 1. The number of carbonyl (C=O) groups excluding carboxylic acids is 1. The van der Waals surface area contributed by atoms with Crippen LogP contribution in [0.5, 0.6) is 5.75 Å². The fourth-order valence-corrected chi connectivity index (χ4v) is 1.44. The van der Waals surface area contributed by atoms with Crippen LogP contribution in [0.2, 0.25) is 0 Å². The Hall–Kier alpha value is -1.35. The first kappa shape index (κ1) is 12.7. The Labute approximate surface area is 96.4 Å². The molecule has 1 aromatic rings. The summed E-state index contributed by atoms with van der Waals surface area (Å²) in [5.41, 5.74) is 1.59. The predicted molar refractivity (Wildman–Crippen MR) is 63.2 cm³/mol. The molecule has 0 unspecified atom stereocenters. The van der Waals surface area contributed by atoms with E-state index in [0.717, 1.165) is 24.9 Å². The van der Waals surface area contributed by atoms with Gasteiger partial charge in [0.05, 0.1) is 12.2 Å². The Morgan fingerprint density at radius 1 is 1.31 bits per heavy atom. The molecule has 0 amide bonds. The van der Waals surface area contributed by atoms with Gasteiger partial charge >= 0.3 is 0 Å². The van der Waals surface area contributed by atoms with Gasteiger partial charge in [-0.15, -0.1) is 0 Å². The van der Waals surface area contributed by atoms with Crippen LogP contribution in [-0.2, 0) is 4.74 Å². The number of aldehydes is 1. The molecule has 3 heteroatoms. The molecule has 1 rings (SSSR count). The van der Waals surface area contributed by atoms with Crippen molar-refractivity contribution in [1.82, 2.24) is 0 Å². The highest BCUT2D eigenvalue weighted by Gasteiger charge is 2.05. The van der Waals surface area contributed by atoms with Gasteiger partial charge in [-0.25, -0.2) is 0 Å². The second-order valence-corrected chi connectivity index (χ2v) is 3.51. The number of para-hydroxylation sites is 1. The van der Waals surface area contributed by atoms with Crippen LogP contribution in [0.15, 0.2) is 18.2 Å². The molecule has 0 N–H and O–H groups in total. The van der Waals surface area contributed by atoms with Gasteiger partial charge in [0, 0.05) is 19.6 Å². The first-order valence-electron chi connectivity index (χ1n) is 5.55. The lowest BCUT2D eigenvalue weighted by atomic mass is 10.1. The van der Waals surface area contributed by atoms with Crippen molar-refractivity contribution in [3.8, 4) is 5.75 Å².